The topological polar surface area (TPSA) is 113 Å². The normalized spacial score (nSPS) is 33.6. The molecule has 0 spiro atoms. The number of allylic oxidation sites excluding steroid dienone is 3. The molecule has 0 aromatic carbocycles. The molecule has 10 nitrogen and oxygen atoms in total. The van der Waals surface area contributed by atoms with E-state index < -0.39 is 12.1 Å². The van der Waals surface area contributed by atoms with Crippen LogP contribution in [0.25, 0.3) is 0 Å². The lowest BCUT2D eigenvalue weighted by molar-refractivity contribution is -0.154. The molecule has 3 fully saturated rings. The first-order valence-electron chi connectivity index (χ1n) is 16.7. The van der Waals surface area contributed by atoms with Crippen molar-refractivity contribution in [2.24, 2.45) is 11.8 Å². The Morgan fingerprint density at radius 2 is 1.71 bits per heavy atom. The molecule has 4 rings (SSSR count). The van der Waals surface area contributed by atoms with Crippen molar-refractivity contribution in [2.45, 2.75) is 102 Å². The minimum atomic E-state index is -0.459. The number of esters is 2. The molecule has 2 amide bonds. The summed E-state index contributed by atoms with van der Waals surface area (Å²) in [6.07, 6.45) is 19.6. The van der Waals surface area contributed by atoms with Gasteiger partial charge in [0, 0.05) is 38.0 Å². The molecule has 0 aliphatic carbocycles. The SMILES string of the molecule is COC(=O)/C=C1\CC2CC(=O)OC(/C=C/C=C\CCNC(=O)N3CCOCC3)C(C)/C=C/C(C)CC3CCCC(CC(C1)O2)O3. The van der Waals surface area contributed by atoms with Crippen molar-refractivity contribution in [1.82, 2.24) is 10.2 Å². The van der Waals surface area contributed by atoms with Gasteiger partial charge < -0.3 is 33.9 Å². The van der Waals surface area contributed by atoms with Crippen LogP contribution < -0.4 is 5.32 Å². The van der Waals surface area contributed by atoms with Crippen LogP contribution in [0.1, 0.15) is 71.6 Å². The maximum absolute atomic E-state index is 13.3. The zero-order valence-corrected chi connectivity index (χ0v) is 27.2. The second-order valence-electron chi connectivity index (χ2n) is 12.7. The number of rotatable bonds is 6. The zero-order valence-electron chi connectivity index (χ0n) is 27.2. The van der Waals surface area contributed by atoms with Gasteiger partial charge in [-0.2, -0.15) is 0 Å². The third-order valence-electron chi connectivity index (χ3n) is 8.84. The molecule has 4 heterocycles. The average Bonchev–Trinajstić information content (AvgIpc) is 3.02. The van der Waals surface area contributed by atoms with Crippen molar-refractivity contribution >= 4 is 18.0 Å². The molecule has 1 N–H and O–H groups in total. The fourth-order valence-corrected chi connectivity index (χ4v) is 6.43. The van der Waals surface area contributed by atoms with Gasteiger partial charge in [0.25, 0.3) is 0 Å². The molecule has 250 valence electrons. The summed E-state index contributed by atoms with van der Waals surface area (Å²) in [5.41, 5.74) is 0.928. The average molecular weight is 629 g/mol. The van der Waals surface area contributed by atoms with E-state index in [1.165, 1.54) is 13.2 Å². The van der Waals surface area contributed by atoms with Crippen LogP contribution in [0.2, 0.25) is 0 Å². The van der Waals surface area contributed by atoms with Crippen molar-refractivity contribution in [1.29, 1.82) is 0 Å². The van der Waals surface area contributed by atoms with Gasteiger partial charge in [-0.1, -0.05) is 49.8 Å². The molecule has 0 aromatic rings. The first-order valence-corrected chi connectivity index (χ1v) is 16.7. The predicted molar refractivity (Wildman–Crippen MR) is 170 cm³/mol. The highest BCUT2D eigenvalue weighted by Gasteiger charge is 2.33. The number of ether oxygens (including phenoxy) is 5. The summed E-state index contributed by atoms with van der Waals surface area (Å²) < 4.78 is 29.1. The molecule has 7 atom stereocenters. The van der Waals surface area contributed by atoms with E-state index in [1.807, 2.05) is 24.3 Å². The Kier molecular flexibility index (Phi) is 14.2. The number of carbonyl (C=O) groups is 3. The van der Waals surface area contributed by atoms with E-state index in [0.29, 0.717) is 58.0 Å². The fourth-order valence-electron chi connectivity index (χ4n) is 6.43. The van der Waals surface area contributed by atoms with E-state index in [9.17, 15) is 14.4 Å². The summed E-state index contributed by atoms with van der Waals surface area (Å²) in [5, 5.41) is 2.94. The number of morpholine rings is 1. The lowest BCUT2D eigenvalue weighted by Crippen LogP contribution is -2.46. The monoisotopic (exact) mass is 628 g/mol. The van der Waals surface area contributed by atoms with E-state index in [2.05, 4.69) is 31.3 Å². The second-order valence-corrected chi connectivity index (χ2v) is 12.7. The molecule has 0 saturated carbocycles. The van der Waals surface area contributed by atoms with Crippen molar-refractivity contribution in [3.8, 4) is 0 Å². The van der Waals surface area contributed by atoms with Gasteiger partial charge in [-0.25, -0.2) is 9.59 Å². The van der Waals surface area contributed by atoms with Gasteiger partial charge in [0.2, 0.25) is 0 Å². The lowest BCUT2D eigenvalue weighted by atomic mass is 9.89. The summed E-state index contributed by atoms with van der Waals surface area (Å²) in [4.78, 5) is 39.3. The highest BCUT2D eigenvalue weighted by molar-refractivity contribution is 5.82. The predicted octanol–water partition coefficient (Wildman–Crippen LogP) is 5.04. The van der Waals surface area contributed by atoms with Crippen LogP contribution >= 0.6 is 0 Å². The maximum Gasteiger partial charge on any atom is 0.330 e. The van der Waals surface area contributed by atoms with E-state index >= 15 is 0 Å². The number of fused-ring (bicyclic) bond motifs is 4. The second kappa shape index (κ2) is 18.3. The molecule has 0 aromatic heterocycles. The summed E-state index contributed by atoms with van der Waals surface area (Å²) in [6.45, 7) is 7.18. The molecule has 3 saturated heterocycles. The summed E-state index contributed by atoms with van der Waals surface area (Å²) >= 11 is 0. The van der Waals surface area contributed by atoms with Crippen molar-refractivity contribution < 1.29 is 38.1 Å². The molecule has 0 radical (unpaired) electrons. The largest absolute Gasteiger partial charge is 0.466 e. The van der Waals surface area contributed by atoms with Gasteiger partial charge in [0.1, 0.15) is 6.10 Å². The maximum atomic E-state index is 13.3. The fraction of sp³-hybridized carbons (Fsp3) is 0.686. The molecule has 10 heteroatoms. The standard InChI is InChI=1S/C35H52N2O8/c1-25-12-13-26(2)32(11-6-4-5-7-14-36-35(40)37-15-17-42-18-16-37)45-34(39)24-31-21-27(22-33(38)41-3)20-30(44-31)23-29-10-8-9-28(19-25)43-29/h4-6,11-13,22,25-26,28-32H,7-10,14-21,23-24H2,1-3H3,(H,36,40)/b5-4-,11-6+,13-12+,27-22-. The lowest BCUT2D eigenvalue weighted by Gasteiger charge is -2.37. The number of urea groups is 1. The number of carbonyl (C=O) groups excluding carboxylic acids is 3. The van der Waals surface area contributed by atoms with Crippen LogP contribution in [0.5, 0.6) is 0 Å². The zero-order chi connectivity index (χ0) is 32.0. The minimum absolute atomic E-state index is 0.0448. The first-order chi connectivity index (χ1) is 21.8. The minimum Gasteiger partial charge on any atom is -0.466 e. The highest BCUT2D eigenvalue weighted by Crippen LogP contribution is 2.33. The Bertz CT molecular complexity index is 1100. The van der Waals surface area contributed by atoms with Crippen LogP contribution in [0, 0.1) is 11.8 Å². The quantitative estimate of drug-likeness (QED) is 0.143. The Morgan fingerprint density at radius 1 is 0.978 bits per heavy atom. The Labute approximate surface area is 268 Å². The number of cyclic esters (lactones) is 1. The smallest absolute Gasteiger partial charge is 0.330 e. The molecule has 4 aliphatic rings. The van der Waals surface area contributed by atoms with Crippen LogP contribution in [-0.2, 0) is 33.3 Å². The number of hydrogen-bond acceptors (Lipinski definition) is 8. The molecular formula is C35H52N2O8. The summed E-state index contributed by atoms with van der Waals surface area (Å²) in [7, 11) is 1.37. The molecule has 7 unspecified atom stereocenters. The van der Waals surface area contributed by atoms with Crippen LogP contribution in [0.3, 0.4) is 0 Å². The third-order valence-corrected chi connectivity index (χ3v) is 8.84. The number of hydrogen-bond donors (Lipinski definition) is 1. The number of amides is 2. The first kappa shape index (κ1) is 34.9. The molecule has 45 heavy (non-hydrogen) atoms. The highest BCUT2D eigenvalue weighted by atomic mass is 16.6. The van der Waals surface area contributed by atoms with Crippen molar-refractivity contribution in [3.05, 3.63) is 48.1 Å². The van der Waals surface area contributed by atoms with Crippen molar-refractivity contribution in [2.75, 3.05) is 40.0 Å². The number of nitrogens with one attached hydrogen (secondary N) is 1. The van der Waals surface area contributed by atoms with E-state index in [4.69, 9.17) is 23.7 Å². The summed E-state index contributed by atoms with van der Waals surface area (Å²) in [6, 6.07) is -0.0638. The van der Waals surface area contributed by atoms with Crippen LogP contribution in [0.15, 0.2) is 48.1 Å². The Balaban J connectivity index is 1.40. The Morgan fingerprint density at radius 3 is 2.49 bits per heavy atom. The van der Waals surface area contributed by atoms with Gasteiger partial charge >= 0.3 is 18.0 Å². The van der Waals surface area contributed by atoms with E-state index in [-0.39, 0.29) is 48.8 Å². The van der Waals surface area contributed by atoms with Gasteiger partial charge in [-0.05, 0) is 56.9 Å². The van der Waals surface area contributed by atoms with Gasteiger partial charge in [-0.15, -0.1) is 0 Å². The van der Waals surface area contributed by atoms with Gasteiger partial charge in [0.15, 0.2) is 0 Å². The van der Waals surface area contributed by atoms with Gasteiger partial charge in [0.05, 0.1) is 51.2 Å². The van der Waals surface area contributed by atoms with Crippen LogP contribution in [0.4, 0.5) is 4.79 Å². The number of methoxy groups -OCH3 is 1. The molecule has 4 aliphatic heterocycles. The third kappa shape index (κ3) is 12.1. The van der Waals surface area contributed by atoms with Gasteiger partial charge in [-0.3, -0.25) is 4.79 Å². The van der Waals surface area contributed by atoms with Crippen molar-refractivity contribution in [3.63, 3.8) is 0 Å². The number of nitrogens with zero attached hydrogens (tertiary/aromatic N) is 1. The molecule has 4 bridgehead atoms. The Hall–Kier alpha value is -2.95. The van der Waals surface area contributed by atoms with E-state index in [0.717, 1.165) is 37.7 Å². The van der Waals surface area contributed by atoms with E-state index in [1.54, 1.807) is 4.90 Å². The summed E-state index contributed by atoms with van der Waals surface area (Å²) in [5.74, 6) is -0.453. The van der Waals surface area contributed by atoms with Crippen LogP contribution in [-0.4, -0.2) is 93.3 Å². The molecular weight excluding hydrogens is 576 g/mol.